The zero-order chi connectivity index (χ0) is 22.6. The van der Waals surface area contributed by atoms with Gasteiger partial charge >= 0.3 is 0 Å². The molecule has 0 spiro atoms. The number of nitrogens with two attached hydrogens (primary N) is 1. The maximum Gasteiger partial charge on any atom is 0.280 e. The number of hydrazone groups is 1. The van der Waals surface area contributed by atoms with Crippen molar-refractivity contribution in [3.8, 4) is 11.5 Å². The lowest BCUT2D eigenvalue weighted by Gasteiger charge is -2.13. The third-order valence-corrected chi connectivity index (χ3v) is 5.44. The van der Waals surface area contributed by atoms with Crippen molar-refractivity contribution in [3.05, 3.63) is 53.6 Å². The van der Waals surface area contributed by atoms with Gasteiger partial charge in [0.15, 0.2) is 11.5 Å². The molecule has 2 N–H and O–H groups in total. The zero-order valence-corrected chi connectivity index (χ0v) is 18.5. The number of primary sulfonamides is 1. The van der Waals surface area contributed by atoms with Crippen LogP contribution in [0.5, 0.6) is 11.5 Å². The van der Waals surface area contributed by atoms with E-state index >= 15 is 0 Å². The standard InChI is InChI=1S/C22H25N3O5S/c1-4-12-30-20-11-6-16(14-21(20)29-5-2)13-19-15(3)24-25(22(19)26)17-7-9-18(10-8-17)31(23,27)28/h6-11,13-14H,4-5,12H2,1-3H3,(H2,23,27,28)/b19-13-. The molecule has 0 saturated carbocycles. The summed E-state index contributed by atoms with van der Waals surface area (Å²) in [6.45, 7) is 6.74. The van der Waals surface area contributed by atoms with Gasteiger partial charge in [-0.05, 0) is 68.3 Å². The van der Waals surface area contributed by atoms with Gasteiger partial charge in [-0.2, -0.15) is 10.1 Å². The Bertz CT molecular complexity index is 1140. The summed E-state index contributed by atoms with van der Waals surface area (Å²) in [6, 6.07) is 11.2. The molecule has 164 valence electrons. The molecule has 1 aliphatic rings. The highest BCUT2D eigenvalue weighted by Gasteiger charge is 2.29. The van der Waals surface area contributed by atoms with Gasteiger partial charge < -0.3 is 9.47 Å². The van der Waals surface area contributed by atoms with Gasteiger partial charge in [0.1, 0.15) is 0 Å². The van der Waals surface area contributed by atoms with E-state index in [0.717, 1.165) is 12.0 Å². The lowest BCUT2D eigenvalue weighted by atomic mass is 10.1. The first-order chi connectivity index (χ1) is 14.7. The lowest BCUT2D eigenvalue weighted by Crippen LogP contribution is -2.21. The van der Waals surface area contributed by atoms with Gasteiger partial charge in [-0.1, -0.05) is 13.0 Å². The summed E-state index contributed by atoms with van der Waals surface area (Å²) in [5, 5.41) is 10.7. The first-order valence-corrected chi connectivity index (χ1v) is 11.4. The largest absolute Gasteiger partial charge is 0.490 e. The number of hydrogen-bond acceptors (Lipinski definition) is 6. The van der Waals surface area contributed by atoms with Crippen LogP contribution in [0.25, 0.3) is 6.08 Å². The fraction of sp³-hybridized carbons (Fsp3) is 0.273. The third kappa shape index (κ3) is 5.12. The predicted molar refractivity (Wildman–Crippen MR) is 120 cm³/mol. The van der Waals surface area contributed by atoms with Gasteiger partial charge in [-0.15, -0.1) is 0 Å². The average Bonchev–Trinajstić information content (AvgIpc) is 3.01. The summed E-state index contributed by atoms with van der Waals surface area (Å²) in [5.74, 6) is 0.955. The van der Waals surface area contributed by atoms with Crippen LogP contribution in [-0.2, 0) is 14.8 Å². The maximum absolute atomic E-state index is 13.0. The van der Waals surface area contributed by atoms with Gasteiger partial charge in [0, 0.05) is 0 Å². The molecule has 0 fully saturated rings. The third-order valence-electron chi connectivity index (χ3n) is 4.51. The Morgan fingerprint density at radius 1 is 1.06 bits per heavy atom. The summed E-state index contributed by atoms with van der Waals surface area (Å²) in [7, 11) is -3.81. The van der Waals surface area contributed by atoms with Gasteiger partial charge in [-0.25, -0.2) is 13.6 Å². The molecule has 0 aliphatic carbocycles. The number of amides is 1. The number of nitrogens with zero attached hydrogens (tertiary/aromatic N) is 2. The van der Waals surface area contributed by atoms with Crippen LogP contribution in [0.1, 0.15) is 32.8 Å². The second-order valence-corrected chi connectivity index (χ2v) is 8.45. The van der Waals surface area contributed by atoms with Crippen LogP contribution >= 0.6 is 0 Å². The molecule has 2 aromatic carbocycles. The Morgan fingerprint density at radius 2 is 1.77 bits per heavy atom. The summed E-state index contributed by atoms with van der Waals surface area (Å²) in [6.07, 6.45) is 2.63. The Balaban J connectivity index is 1.88. The molecular weight excluding hydrogens is 418 g/mol. The molecule has 1 aliphatic heterocycles. The molecule has 1 amide bonds. The van der Waals surface area contributed by atoms with E-state index in [2.05, 4.69) is 5.10 Å². The van der Waals surface area contributed by atoms with E-state index in [-0.39, 0.29) is 10.8 Å². The zero-order valence-electron chi connectivity index (χ0n) is 17.7. The normalized spacial score (nSPS) is 15.4. The van der Waals surface area contributed by atoms with E-state index in [1.165, 1.54) is 29.3 Å². The number of carbonyl (C=O) groups excluding carboxylic acids is 1. The average molecular weight is 444 g/mol. The van der Waals surface area contributed by atoms with Crippen molar-refractivity contribution >= 4 is 33.4 Å². The van der Waals surface area contributed by atoms with Crippen molar-refractivity contribution < 1.29 is 22.7 Å². The summed E-state index contributed by atoms with van der Waals surface area (Å²) < 4.78 is 34.3. The van der Waals surface area contributed by atoms with Crippen LogP contribution in [0.2, 0.25) is 0 Å². The van der Waals surface area contributed by atoms with Crippen molar-refractivity contribution in [1.82, 2.24) is 0 Å². The van der Waals surface area contributed by atoms with Gasteiger partial charge in [0.25, 0.3) is 5.91 Å². The molecule has 0 bridgehead atoms. The van der Waals surface area contributed by atoms with Crippen LogP contribution in [0.15, 0.2) is 58.0 Å². The fourth-order valence-corrected chi connectivity index (χ4v) is 3.53. The SMILES string of the molecule is CCCOc1ccc(/C=C2\C(=O)N(c3ccc(S(N)(=O)=O)cc3)N=C2C)cc1OCC. The molecule has 9 heteroatoms. The molecule has 0 aromatic heterocycles. The Kier molecular flexibility index (Phi) is 6.77. The minimum atomic E-state index is -3.81. The van der Waals surface area contributed by atoms with E-state index in [4.69, 9.17) is 14.6 Å². The number of carbonyl (C=O) groups is 1. The summed E-state index contributed by atoms with van der Waals surface area (Å²) >= 11 is 0. The molecule has 0 atom stereocenters. The van der Waals surface area contributed by atoms with Crippen molar-refractivity contribution in [2.75, 3.05) is 18.2 Å². The van der Waals surface area contributed by atoms with E-state index in [1.54, 1.807) is 13.0 Å². The smallest absolute Gasteiger partial charge is 0.280 e. The quantitative estimate of drug-likeness (QED) is 0.629. The van der Waals surface area contributed by atoms with E-state index in [1.807, 2.05) is 32.0 Å². The van der Waals surface area contributed by atoms with Crippen LogP contribution in [-0.4, -0.2) is 33.3 Å². The van der Waals surface area contributed by atoms with E-state index < -0.39 is 10.0 Å². The van der Waals surface area contributed by atoms with Gasteiger partial charge in [0.2, 0.25) is 10.0 Å². The molecule has 2 aromatic rings. The first-order valence-electron chi connectivity index (χ1n) is 9.88. The maximum atomic E-state index is 13.0. The lowest BCUT2D eigenvalue weighted by molar-refractivity contribution is -0.114. The second kappa shape index (κ2) is 9.32. The number of ether oxygens (including phenoxy) is 2. The molecule has 8 nitrogen and oxygen atoms in total. The van der Waals surface area contributed by atoms with Crippen molar-refractivity contribution in [1.29, 1.82) is 0 Å². The summed E-state index contributed by atoms with van der Waals surface area (Å²) in [4.78, 5) is 12.9. The highest BCUT2D eigenvalue weighted by molar-refractivity contribution is 7.89. The topological polar surface area (TPSA) is 111 Å². The molecule has 0 radical (unpaired) electrons. The number of sulfonamides is 1. The van der Waals surface area contributed by atoms with E-state index in [0.29, 0.717) is 41.7 Å². The Morgan fingerprint density at radius 3 is 2.39 bits per heavy atom. The molecular formula is C22H25N3O5S. The monoisotopic (exact) mass is 443 g/mol. The van der Waals surface area contributed by atoms with Crippen LogP contribution in [0.4, 0.5) is 5.69 Å². The van der Waals surface area contributed by atoms with Crippen LogP contribution in [0, 0.1) is 0 Å². The number of anilines is 1. The second-order valence-electron chi connectivity index (χ2n) is 6.89. The van der Waals surface area contributed by atoms with Crippen LogP contribution in [0.3, 0.4) is 0 Å². The summed E-state index contributed by atoms with van der Waals surface area (Å²) in [5.41, 5.74) is 2.19. The van der Waals surface area contributed by atoms with Gasteiger partial charge in [0.05, 0.1) is 35.1 Å². The van der Waals surface area contributed by atoms with Crippen molar-refractivity contribution in [3.63, 3.8) is 0 Å². The Labute approximate surface area is 182 Å². The first kappa shape index (κ1) is 22.5. The number of rotatable bonds is 8. The van der Waals surface area contributed by atoms with Gasteiger partial charge in [-0.3, -0.25) is 4.79 Å². The predicted octanol–water partition coefficient (Wildman–Crippen LogP) is 3.33. The molecule has 0 saturated heterocycles. The minimum Gasteiger partial charge on any atom is -0.490 e. The number of hydrogen-bond donors (Lipinski definition) is 1. The highest BCUT2D eigenvalue weighted by atomic mass is 32.2. The molecule has 31 heavy (non-hydrogen) atoms. The molecule has 0 unspecified atom stereocenters. The fourth-order valence-electron chi connectivity index (χ4n) is 3.02. The highest BCUT2D eigenvalue weighted by Crippen LogP contribution is 2.31. The minimum absolute atomic E-state index is 0.0341. The molecule has 3 rings (SSSR count). The Hall–Kier alpha value is -3.17. The van der Waals surface area contributed by atoms with Crippen molar-refractivity contribution in [2.45, 2.75) is 32.1 Å². The van der Waals surface area contributed by atoms with E-state index in [9.17, 15) is 13.2 Å². The molecule has 1 heterocycles. The van der Waals surface area contributed by atoms with Crippen LogP contribution < -0.4 is 19.6 Å². The van der Waals surface area contributed by atoms with Crippen molar-refractivity contribution in [2.24, 2.45) is 10.2 Å². The number of benzene rings is 2.